The highest BCUT2D eigenvalue weighted by Crippen LogP contribution is 2.38. The molecule has 1 aliphatic carbocycles. The van der Waals surface area contributed by atoms with Crippen LogP contribution in [-0.4, -0.2) is 29.7 Å². The van der Waals surface area contributed by atoms with Gasteiger partial charge in [0.25, 0.3) is 5.91 Å². The van der Waals surface area contributed by atoms with Gasteiger partial charge in [-0.25, -0.2) is 8.78 Å². The molecule has 4 rings (SSSR count). The first kappa shape index (κ1) is 29.9. The zero-order valence-electron chi connectivity index (χ0n) is 23.9. The molecule has 40 heavy (non-hydrogen) atoms. The van der Waals surface area contributed by atoms with Crippen molar-refractivity contribution in [2.75, 3.05) is 6.54 Å². The van der Waals surface area contributed by atoms with Gasteiger partial charge in [-0.05, 0) is 72.1 Å². The van der Waals surface area contributed by atoms with Gasteiger partial charge in [-0.15, -0.1) is 0 Å². The summed E-state index contributed by atoms with van der Waals surface area (Å²) in [5.41, 5.74) is 3.22. The monoisotopic (exact) mass is 548 g/mol. The summed E-state index contributed by atoms with van der Waals surface area (Å²) in [7, 11) is 0. The maximum Gasteiger partial charge on any atom is 0.251 e. The quantitative estimate of drug-likeness (QED) is 0.264. The van der Waals surface area contributed by atoms with E-state index in [4.69, 9.17) is 0 Å². The highest BCUT2D eigenvalue weighted by Gasteiger charge is 2.35. The molecule has 214 valence electrons. The van der Waals surface area contributed by atoms with E-state index in [1.165, 1.54) is 29.7 Å². The van der Waals surface area contributed by atoms with Crippen LogP contribution in [0.2, 0.25) is 0 Å². The van der Waals surface area contributed by atoms with Crippen LogP contribution >= 0.6 is 0 Å². The van der Waals surface area contributed by atoms with E-state index >= 15 is 0 Å². The Hall–Kier alpha value is -3.09. The number of halogens is 2. The molecule has 1 saturated carbocycles. The molecule has 0 bridgehead atoms. The van der Waals surface area contributed by atoms with Gasteiger partial charge in [-0.2, -0.15) is 0 Å². The van der Waals surface area contributed by atoms with Crippen LogP contribution in [0.4, 0.5) is 8.78 Å². The van der Waals surface area contributed by atoms with E-state index in [0.717, 1.165) is 38.2 Å². The number of aliphatic hydroxyl groups is 1. The lowest BCUT2D eigenvalue weighted by atomic mass is 9.75. The molecule has 4 nitrogen and oxygen atoms in total. The van der Waals surface area contributed by atoms with Crippen molar-refractivity contribution in [2.24, 2.45) is 5.41 Å². The zero-order valence-corrected chi connectivity index (χ0v) is 23.9. The number of aliphatic hydroxyl groups excluding tert-OH is 1. The maximum atomic E-state index is 14.0. The molecule has 1 amide bonds. The van der Waals surface area contributed by atoms with Crippen molar-refractivity contribution in [1.29, 1.82) is 0 Å². The Bertz CT molecular complexity index is 1250. The number of amides is 1. The first-order valence-corrected chi connectivity index (χ1v) is 14.4. The largest absolute Gasteiger partial charge is 0.390 e. The van der Waals surface area contributed by atoms with E-state index in [2.05, 4.69) is 55.7 Å². The molecule has 0 aromatic heterocycles. The van der Waals surface area contributed by atoms with Gasteiger partial charge in [0.15, 0.2) is 0 Å². The van der Waals surface area contributed by atoms with E-state index in [1.54, 1.807) is 24.3 Å². The molecule has 0 aliphatic heterocycles. The second-order valence-corrected chi connectivity index (χ2v) is 12.5. The molecule has 6 heteroatoms. The first-order valence-electron chi connectivity index (χ1n) is 14.4. The Kier molecular flexibility index (Phi) is 9.75. The fraction of sp³-hybridized carbons (Fsp3) is 0.441. The van der Waals surface area contributed by atoms with Gasteiger partial charge in [-0.3, -0.25) is 4.79 Å². The highest BCUT2D eigenvalue weighted by molar-refractivity contribution is 5.94. The minimum absolute atomic E-state index is 0.0875. The molecule has 0 spiro atoms. The summed E-state index contributed by atoms with van der Waals surface area (Å²) < 4.78 is 27.9. The van der Waals surface area contributed by atoms with E-state index in [1.807, 2.05) is 6.07 Å². The molecule has 0 saturated heterocycles. The van der Waals surface area contributed by atoms with Crippen molar-refractivity contribution >= 4 is 5.91 Å². The van der Waals surface area contributed by atoms with Crippen molar-refractivity contribution in [3.8, 4) is 0 Å². The molecule has 3 N–H and O–H groups in total. The third-order valence-corrected chi connectivity index (χ3v) is 7.77. The second kappa shape index (κ2) is 13.0. The topological polar surface area (TPSA) is 61.4 Å². The average molecular weight is 549 g/mol. The van der Waals surface area contributed by atoms with Gasteiger partial charge in [0, 0.05) is 23.7 Å². The molecule has 2 atom stereocenters. The highest BCUT2D eigenvalue weighted by atomic mass is 19.1. The number of rotatable bonds is 10. The van der Waals surface area contributed by atoms with Crippen LogP contribution in [0.3, 0.4) is 0 Å². The number of nitrogens with one attached hydrogen (secondary N) is 2. The fourth-order valence-corrected chi connectivity index (χ4v) is 5.86. The number of hydrogen-bond donors (Lipinski definition) is 3. The van der Waals surface area contributed by atoms with E-state index in [9.17, 15) is 18.7 Å². The van der Waals surface area contributed by atoms with Crippen molar-refractivity contribution < 1.29 is 18.7 Å². The molecule has 1 fully saturated rings. The van der Waals surface area contributed by atoms with Gasteiger partial charge in [0.1, 0.15) is 11.6 Å². The molecular weight excluding hydrogens is 506 g/mol. The number of carbonyl (C=O) groups is 1. The Morgan fingerprint density at radius 2 is 1.57 bits per heavy atom. The molecule has 0 unspecified atom stereocenters. The lowest BCUT2D eigenvalue weighted by molar-refractivity contribution is 0.0788. The third kappa shape index (κ3) is 8.21. The van der Waals surface area contributed by atoms with Crippen molar-refractivity contribution in [2.45, 2.75) is 83.4 Å². The molecular formula is C34H42F2N2O2. The summed E-state index contributed by atoms with van der Waals surface area (Å²) in [6.07, 6.45) is 5.32. The Morgan fingerprint density at radius 3 is 2.23 bits per heavy atom. The third-order valence-electron chi connectivity index (χ3n) is 7.77. The molecule has 0 heterocycles. The lowest BCUT2D eigenvalue weighted by Gasteiger charge is -2.40. The normalized spacial score (nSPS) is 16.8. The summed E-state index contributed by atoms with van der Waals surface area (Å²) in [4.78, 5) is 13.0. The van der Waals surface area contributed by atoms with Crippen molar-refractivity contribution in [3.63, 3.8) is 0 Å². The summed E-state index contributed by atoms with van der Waals surface area (Å²) >= 11 is 0. The Balaban J connectivity index is 1.56. The molecule has 3 aromatic carbocycles. The molecule has 0 radical (unpaired) electrons. The van der Waals surface area contributed by atoms with Gasteiger partial charge in [-0.1, -0.05) is 82.5 Å². The van der Waals surface area contributed by atoms with E-state index < -0.39 is 23.8 Å². The maximum absolute atomic E-state index is 14.0. The number of hydrogen-bond acceptors (Lipinski definition) is 3. The van der Waals surface area contributed by atoms with Gasteiger partial charge in [0.2, 0.25) is 0 Å². The van der Waals surface area contributed by atoms with Gasteiger partial charge >= 0.3 is 0 Å². The molecule has 3 aromatic rings. The van der Waals surface area contributed by atoms with Crippen LogP contribution in [0.15, 0.2) is 72.8 Å². The van der Waals surface area contributed by atoms with Crippen molar-refractivity contribution in [3.05, 3.63) is 107 Å². The Morgan fingerprint density at radius 1 is 0.900 bits per heavy atom. The number of benzene rings is 3. The minimum atomic E-state index is -0.990. The zero-order chi connectivity index (χ0) is 28.8. The van der Waals surface area contributed by atoms with Crippen LogP contribution in [0, 0.1) is 17.0 Å². The lowest BCUT2D eigenvalue weighted by Crippen LogP contribution is -2.53. The summed E-state index contributed by atoms with van der Waals surface area (Å²) in [5, 5.41) is 18.1. The van der Waals surface area contributed by atoms with Crippen LogP contribution in [-0.2, 0) is 18.4 Å². The minimum Gasteiger partial charge on any atom is -0.390 e. The van der Waals surface area contributed by atoms with Crippen LogP contribution in [0.5, 0.6) is 0 Å². The Labute approximate surface area is 237 Å². The van der Waals surface area contributed by atoms with Crippen LogP contribution in [0.25, 0.3) is 0 Å². The predicted molar refractivity (Wildman–Crippen MR) is 156 cm³/mol. The van der Waals surface area contributed by atoms with E-state index in [-0.39, 0.29) is 29.8 Å². The van der Waals surface area contributed by atoms with Gasteiger partial charge < -0.3 is 15.7 Å². The van der Waals surface area contributed by atoms with Crippen LogP contribution < -0.4 is 10.6 Å². The van der Waals surface area contributed by atoms with Crippen LogP contribution in [0.1, 0.15) is 79.9 Å². The first-order chi connectivity index (χ1) is 19.0. The SMILES string of the molecule is CC(C)(C)Cc1cccc(C2(NC[C@@H](O)[C@H](Cc3cc(F)cc(F)c3)NC(=O)c3ccccc3)CCCCC2)c1. The standard InChI is InChI=1S/C34H42F2N2O2/c1-33(2,3)22-24-11-10-14-27(17-24)34(15-8-5-9-16-34)37-23-31(39)30(20-25-18-28(35)21-29(36)19-25)38-32(40)26-12-6-4-7-13-26/h4,6-7,10-14,17-19,21,30-31,37,39H,5,8-9,15-16,20,22-23H2,1-3H3,(H,38,40)/t30-,31+/m0/s1. The summed E-state index contributed by atoms with van der Waals surface area (Å²) in [6, 6.07) is 20.1. The molecule has 1 aliphatic rings. The van der Waals surface area contributed by atoms with Gasteiger partial charge in [0.05, 0.1) is 12.1 Å². The second-order valence-electron chi connectivity index (χ2n) is 12.5. The number of carbonyl (C=O) groups excluding carboxylic acids is 1. The van der Waals surface area contributed by atoms with E-state index in [0.29, 0.717) is 11.1 Å². The van der Waals surface area contributed by atoms with Crippen molar-refractivity contribution in [1.82, 2.24) is 10.6 Å². The average Bonchev–Trinajstić information content (AvgIpc) is 2.91. The predicted octanol–water partition coefficient (Wildman–Crippen LogP) is 6.70. The summed E-state index contributed by atoms with van der Waals surface area (Å²) in [6.45, 7) is 6.93. The smallest absolute Gasteiger partial charge is 0.251 e. The summed E-state index contributed by atoms with van der Waals surface area (Å²) in [5.74, 6) is -1.72. The fourth-order valence-electron chi connectivity index (χ4n) is 5.86.